The molecule has 0 aliphatic heterocycles. The van der Waals surface area contributed by atoms with Crippen molar-refractivity contribution < 1.29 is 9.90 Å². The predicted octanol–water partition coefficient (Wildman–Crippen LogP) is 1.44. The van der Waals surface area contributed by atoms with Crippen molar-refractivity contribution in [1.82, 2.24) is 9.88 Å². The summed E-state index contributed by atoms with van der Waals surface area (Å²) in [5.74, 6) is -0.156. The van der Waals surface area contributed by atoms with E-state index in [0.717, 1.165) is 0 Å². The molecule has 4 nitrogen and oxygen atoms in total. The van der Waals surface area contributed by atoms with E-state index in [2.05, 4.69) is 11.6 Å². The predicted molar refractivity (Wildman–Crippen MR) is 57.7 cm³/mol. The molecule has 80 valence electrons. The van der Waals surface area contributed by atoms with Crippen LogP contribution in [0.15, 0.2) is 31.1 Å². The summed E-state index contributed by atoms with van der Waals surface area (Å²) in [4.78, 5) is 17.2. The fourth-order valence-corrected chi connectivity index (χ4v) is 1.24. The molecule has 1 N–H and O–H groups in total. The van der Waals surface area contributed by atoms with Gasteiger partial charge in [-0.2, -0.15) is 0 Å². The number of carbonyl (C=O) groups excluding carboxylic acids is 1. The maximum Gasteiger partial charge on any atom is 0.255 e. The quantitative estimate of drug-likeness (QED) is 0.758. The van der Waals surface area contributed by atoms with Gasteiger partial charge in [0, 0.05) is 19.3 Å². The van der Waals surface area contributed by atoms with Crippen LogP contribution in [0.25, 0.3) is 0 Å². The van der Waals surface area contributed by atoms with E-state index < -0.39 is 0 Å². The number of carbonyl (C=O) groups is 1. The number of rotatable bonds is 4. The van der Waals surface area contributed by atoms with Crippen molar-refractivity contribution in [2.75, 3.05) is 13.1 Å². The van der Waals surface area contributed by atoms with Gasteiger partial charge in [-0.3, -0.25) is 9.78 Å². The molecule has 1 heterocycles. The van der Waals surface area contributed by atoms with E-state index in [0.29, 0.717) is 18.7 Å². The number of aromatic hydroxyl groups is 1. The molecule has 0 radical (unpaired) electrons. The Morgan fingerprint density at radius 3 is 2.93 bits per heavy atom. The first kappa shape index (κ1) is 11.2. The van der Waals surface area contributed by atoms with Gasteiger partial charge in [-0.1, -0.05) is 6.08 Å². The molecular weight excluding hydrogens is 192 g/mol. The Kier molecular flexibility index (Phi) is 3.85. The van der Waals surface area contributed by atoms with Gasteiger partial charge in [0.25, 0.3) is 5.91 Å². The minimum Gasteiger partial charge on any atom is -0.506 e. The van der Waals surface area contributed by atoms with Gasteiger partial charge < -0.3 is 10.0 Å². The van der Waals surface area contributed by atoms with Crippen LogP contribution in [-0.4, -0.2) is 34.0 Å². The summed E-state index contributed by atoms with van der Waals surface area (Å²) in [7, 11) is 0. The molecule has 1 aromatic heterocycles. The summed E-state index contributed by atoms with van der Waals surface area (Å²) in [5, 5.41) is 9.19. The van der Waals surface area contributed by atoms with Crippen LogP contribution in [0.2, 0.25) is 0 Å². The Morgan fingerprint density at radius 1 is 1.67 bits per heavy atom. The van der Waals surface area contributed by atoms with Crippen LogP contribution in [-0.2, 0) is 0 Å². The van der Waals surface area contributed by atoms with Crippen LogP contribution in [0.3, 0.4) is 0 Å². The average molecular weight is 206 g/mol. The minimum absolute atomic E-state index is 0.00416. The molecule has 1 aromatic rings. The standard InChI is InChI=1S/C11H14N2O2/c1-3-5-13(4-2)11(15)9-6-10(14)8-12-7-9/h3,6-8,14H,1,4-5H2,2H3. The summed E-state index contributed by atoms with van der Waals surface area (Å²) < 4.78 is 0. The molecular formula is C11H14N2O2. The smallest absolute Gasteiger partial charge is 0.255 e. The highest BCUT2D eigenvalue weighted by Crippen LogP contribution is 2.10. The number of pyridine rings is 1. The zero-order chi connectivity index (χ0) is 11.3. The highest BCUT2D eigenvalue weighted by molar-refractivity contribution is 5.94. The zero-order valence-corrected chi connectivity index (χ0v) is 8.68. The van der Waals surface area contributed by atoms with Gasteiger partial charge in [-0.25, -0.2) is 0 Å². The van der Waals surface area contributed by atoms with Crippen LogP contribution in [0, 0.1) is 0 Å². The van der Waals surface area contributed by atoms with Crippen molar-refractivity contribution in [3.8, 4) is 5.75 Å². The average Bonchev–Trinajstić information content (AvgIpc) is 2.25. The van der Waals surface area contributed by atoms with Crippen LogP contribution < -0.4 is 0 Å². The molecule has 15 heavy (non-hydrogen) atoms. The molecule has 0 saturated carbocycles. The Balaban J connectivity index is 2.87. The highest BCUT2D eigenvalue weighted by Gasteiger charge is 2.13. The monoisotopic (exact) mass is 206 g/mol. The maximum absolute atomic E-state index is 11.8. The summed E-state index contributed by atoms with van der Waals surface area (Å²) in [6.07, 6.45) is 4.39. The van der Waals surface area contributed by atoms with E-state index in [-0.39, 0.29) is 11.7 Å². The number of hydrogen-bond donors (Lipinski definition) is 1. The molecule has 0 spiro atoms. The highest BCUT2D eigenvalue weighted by atomic mass is 16.3. The lowest BCUT2D eigenvalue weighted by molar-refractivity contribution is 0.0781. The number of nitrogens with zero attached hydrogens (tertiary/aromatic N) is 2. The van der Waals surface area contributed by atoms with E-state index in [9.17, 15) is 9.90 Å². The number of aromatic nitrogens is 1. The second-order valence-corrected chi connectivity index (χ2v) is 3.06. The molecule has 0 aliphatic carbocycles. The first-order chi connectivity index (χ1) is 7.19. The Hall–Kier alpha value is -1.84. The maximum atomic E-state index is 11.8. The Labute approximate surface area is 88.9 Å². The largest absolute Gasteiger partial charge is 0.506 e. The summed E-state index contributed by atoms with van der Waals surface area (Å²) in [6, 6.07) is 1.40. The van der Waals surface area contributed by atoms with E-state index in [1.54, 1.807) is 11.0 Å². The van der Waals surface area contributed by atoms with Crippen LogP contribution in [0.1, 0.15) is 17.3 Å². The lowest BCUT2D eigenvalue weighted by Gasteiger charge is -2.18. The topological polar surface area (TPSA) is 53.4 Å². The third kappa shape index (κ3) is 2.80. The Bertz CT molecular complexity index is 363. The van der Waals surface area contributed by atoms with Crippen molar-refractivity contribution in [3.63, 3.8) is 0 Å². The van der Waals surface area contributed by atoms with E-state index in [1.165, 1.54) is 18.5 Å². The van der Waals surface area contributed by atoms with Crippen LogP contribution in [0.4, 0.5) is 0 Å². The fraction of sp³-hybridized carbons (Fsp3) is 0.273. The fourth-order valence-electron chi connectivity index (χ4n) is 1.24. The first-order valence-electron chi connectivity index (χ1n) is 4.73. The molecule has 1 rings (SSSR count). The van der Waals surface area contributed by atoms with Crippen molar-refractivity contribution in [1.29, 1.82) is 0 Å². The van der Waals surface area contributed by atoms with Gasteiger partial charge in [0.2, 0.25) is 0 Å². The van der Waals surface area contributed by atoms with E-state index in [1.807, 2.05) is 6.92 Å². The normalized spacial score (nSPS) is 9.67. The molecule has 1 amide bonds. The van der Waals surface area contributed by atoms with Gasteiger partial charge in [0.1, 0.15) is 5.75 Å². The summed E-state index contributed by atoms with van der Waals surface area (Å²) in [5.41, 5.74) is 0.388. The zero-order valence-electron chi connectivity index (χ0n) is 8.68. The van der Waals surface area contributed by atoms with Gasteiger partial charge in [-0.15, -0.1) is 6.58 Å². The third-order valence-electron chi connectivity index (χ3n) is 1.99. The second-order valence-electron chi connectivity index (χ2n) is 3.06. The van der Waals surface area contributed by atoms with Gasteiger partial charge in [0.05, 0.1) is 11.8 Å². The van der Waals surface area contributed by atoms with Crippen molar-refractivity contribution in [2.45, 2.75) is 6.92 Å². The third-order valence-corrected chi connectivity index (χ3v) is 1.99. The summed E-state index contributed by atoms with van der Waals surface area (Å²) in [6.45, 7) is 6.56. The number of hydrogen-bond acceptors (Lipinski definition) is 3. The van der Waals surface area contributed by atoms with E-state index >= 15 is 0 Å². The molecule has 0 aliphatic rings. The molecule has 0 aromatic carbocycles. The van der Waals surface area contributed by atoms with Gasteiger partial charge >= 0.3 is 0 Å². The van der Waals surface area contributed by atoms with Crippen molar-refractivity contribution in [3.05, 3.63) is 36.7 Å². The van der Waals surface area contributed by atoms with Gasteiger partial charge in [0.15, 0.2) is 0 Å². The first-order valence-corrected chi connectivity index (χ1v) is 4.73. The Morgan fingerprint density at radius 2 is 2.40 bits per heavy atom. The SMILES string of the molecule is C=CCN(CC)C(=O)c1cncc(O)c1. The number of amides is 1. The summed E-state index contributed by atoms with van der Waals surface area (Å²) >= 11 is 0. The van der Waals surface area contributed by atoms with Crippen LogP contribution in [0.5, 0.6) is 5.75 Å². The number of likely N-dealkylation sites (N-methyl/N-ethyl adjacent to an activating group) is 1. The molecule has 0 bridgehead atoms. The molecule has 0 atom stereocenters. The minimum atomic E-state index is -0.152. The van der Waals surface area contributed by atoms with E-state index in [4.69, 9.17) is 0 Å². The lowest BCUT2D eigenvalue weighted by Crippen LogP contribution is -2.30. The molecule has 4 heteroatoms. The lowest BCUT2D eigenvalue weighted by atomic mass is 10.2. The molecule has 0 saturated heterocycles. The molecule has 0 unspecified atom stereocenters. The molecule has 0 fully saturated rings. The van der Waals surface area contributed by atoms with Crippen molar-refractivity contribution in [2.24, 2.45) is 0 Å². The van der Waals surface area contributed by atoms with Gasteiger partial charge in [-0.05, 0) is 13.0 Å². The van der Waals surface area contributed by atoms with Crippen molar-refractivity contribution >= 4 is 5.91 Å². The second kappa shape index (κ2) is 5.14. The van der Waals surface area contributed by atoms with Crippen LogP contribution >= 0.6 is 0 Å².